The zero-order valence-electron chi connectivity index (χ0n) is 9.78. The molecule has 2 saturated carbocycles. The molecule has 0 radical (unpaired) electrons. The average molecular weight is 237 g/mol. The molecule has 1 N–H and O–H groups in total. The Bertz CT molecular complexity index is 353. The summed E-state index contributed by atoms with van der Waals surface area (Å²) < 4.78 is 0. The van der Waals surface area contributed by atoms with E-state index in [9.17, 15) is 0 Å². The Hall–Kier alpha value is -0.480. The lowest BCUT2D eigenvalue weighted by atomic mass is 10.1. The van der Waals surface area contributed by atoms with Crippen molar-refractivity contribution >= 4 is 11.3 Å². The molecule has 1 heterocycles. The van der Waals surface area contributed by atoms with Crippen LogP contribution < -0.4 is 5.32 Å². The molecule has 3 nitrogen and oxygen atoms in total. The fourth-order valence-electron chi connectivity index (χ4n) is 2.79. The lowest BCUT2D eigenvalue weighted by molar-refractivity contribution is 0.613. The van der Waals surface area contributed by atoms with Crippen LogP contribution in [0.25, 0.3) is 0 Å². The van der Waals surface area contributed by atoms with E-state index >= 15 is 0 Å². The third-order valence-corrected chi connectivity index (χ3v) is 4.86. The third-order valence-electron chi connectivity index (χ3n) is 3.78. The van der Waals surface area contributed by atoms with Gasteiger partial charge in [0.05, 0.1) is 0 Å². The molecule has 4 heteroatoms. The third kappa shape index (κ3) is 2.13. The van der Waals surface area contributed by atoms with Crippen LogP contribution in [0.2, 0.25) is 0 Å². The fraction of sp³-hybridized carbons (Fsp3) is 0.833. The van der Waals surface area contributed by atoms with E-state index in [1.807, 2.05) is 11.3 Å². The highest BCUT2D eigenvalue weighted by Gasteiger charge is 2.47. The van der Waals surface area contributed by atoms with Crippen molar-refractivity contribution in [2.45, 2.75) is 45.1 Å². The Morgan fingerprint density at radius 1 is 1.25 bits per heavy atom. The van der Waals surface area contributed by atoms with Gasteiger partial charge in [0.25, 0.3) is 0 Å². The average Bonchev–Trinajstić information content (AvgIpc) is 2.76. The number of fused-ring (bicyclic) bond motifs is 1. The first-order valence-corrected chi connectivity index (χ1v) is 7.21. The van der Waals surface area contributed by atoms with E-state index in [1.165, 1.54) is 30.7 Å². The first-order valence-electron chi connectivity index (χ1n) is 6.39. The topological polar surface area (TPSA) is 37.8 Å². The molecular weight excluding hydrogens is 218 g/mol. The lowest BCUT2D eigenvalue weighted by Crippen LogP contribution is -2.13. The Morgan fingerprint density at radius 2 is 2.06 bits per heavy atom. The van der Waals surface area contributed by atoms with Gasteiger partial charge in [0, 0.05) is 12.5 Å². The molecule has 2 unspecified atom stereocenters. The lowest BCUT2D eigenvalue weighted by Gasteiger charge is -2.05. The molecule has 0 aliphatic heterocycles. The predicted molar refractivity (Wildman–Crippen MR) is 65.5 cm³/mol. The zero-order valence-corrected chi connectivity index (χ0v) is 10.6. The van der Waals surface area contributed by atoms with Gasteiger partial charge in [0.15, 0.2) is 0 Å². The van der Waals surface area contributed by atoms with Gasteiger partial charge in [-0.3, -0.25) is 0 Å². The first kappa shape index (κ1) is 10.7. The predicted octanol–water partition coefficient (Wildman–Crippen LogP) is 2.55. The van der Waals surface area contributed by atoms with Crippen molar-refractivity contribution in [3.05, 3.63) is 10.0 Å². The molecule has 88 valence electrons. The Morgan fingerprint density at radius 3 is 2.81 bits per heavy atom. The Labute approximate surface area is 101 Å². The number of hydrogen-bond acceptors (Lipinski definition) is 4. The Balaban J connectivity index is 1.55. The summed E-state index contributed by atoms with van der Waals surface area (Å²) >= 11 is 1.82. The molecule has 1 aromatic heterocycles. The molecule has 2 atom stereocenters. The molecule has 0 saturated heterocycles. The second-order valence-electron chi connectivity index (χ2n) is 5.14. The van der Waals surface area contributed by atoms with Crippen LogP contribution in [0.15, 0.2) is 0 Å². The minimum absolute atomic E-state index is 0.737. The molecule has 0 amide bonds. The number of nitrogens with one attached hydrogen (secondary N) is 1. The zero-order chi connectivity index (χ0) is 11.0. The van der Waals surface area contributed by atoms with Crippen molar-refractivity contribution in [3.8, 4) is 0 Å². The maximum absolute atomic E-state index is 4.36. The van der Waals surface area contributed by atoms with Gasteiger partial charge in [-0.2, -0.15) is 0 Å². The minimum Gasteiger partial charge on any atom is -0.310 e. The summed E-state index contributed by atoms with van der Waals surface area (Å²) in [5.41, 5.74) is 0. The normalized spacial score (nSPS) is 31.7. The van der Waals surface area contributed by atoms with E-state index in [0.29, 0.717) is 0 Å². The van der Waals surface area contributed by atoms with E-state index in [-0.39, 0.29) is 0 Å². The van der Waals surface area contributed by atoms with Crippen LogP contribution in [0, 0.1) is 11.8 Å². The van der Waals surface area contributed by atoms with Crippen molar-refractivity contribution in [3.63, 3.8) is 0 Å². The van der Waals surface area contributed by atoms with Crippen molar-refractivity contribution in [1.29, 1.82) is 0 Å². The van der Waals surface area contributed by atoms with Gasteiger partial charge in [-0.05, 0) is 44.1 Å². The van der Waals surface area contributed by atoms with E-state index < -0.39 is 0 Å². The summed E-state index contributed by atoms with van der Waals surface area (Å²) in [5, 5.41) is 14.5. The summed E-state index contributed by atoms with van der Waals surface area (Å²) in [7, 11) is 0. The van der Waals surface area contributed by atoms with Crippen molar-refractivity contribution in [2.24, 2.45) is 11.8 Å². The summed E-state index contributed by atoms with van der Waals surface area (Å²) in [6, 6.07) is 0. The molecule has 1 aromatic rings. The van der Waals surface area contributed by atoms with E-state index in [2.05, 4.69) is 22.4 Å². The quantitative estimate of drug-likeness (QED) is 0.800. The monoisotopic (exact) mass is 237 g/mol. The van der Waals surface area contributed by atoms with Crippen LogP contribution in [0.3, 0.4) is 0 Å². The SMILES string of the molecule is CCCNCc1nnc(C2CC3CC3C2)s1. The van der Waals surface area contributed by atoms with Crippen molar-refractivity contribution < 1.29 is 0 Å². The van der Waals surface area contributed by atoms with E-state index in [1.54, 1.807) is 0 Å². The maximum atomic E-state index is 4.36. The molecule has 0 aromatic carbocycles. The Kier molecular flexibility index (Phi) is 2.94. The first-order chi connectivity index (χ1) is 7.86. The molecule has 2 aliphatic rings. The standard InChI is InChI=1S/C12H19N3S/c1-2-3-13-7-11-14-15-12(16-11)10-5-8-4-9(8)6-10/h8-10,13H,2-7H2,1H3. The van der Waals surface area contributed by atoms with Gasteiger partial charge < -0.3 is 5.32 Å². The highest BCUT2D eigenvalue weighted by atomic mass is 32.1. The van der Waals surface area contributed by atoms with Crippen LogP contribution in [0.4, 0.5) is 0 Å². The summed E-state index contributed by atoms with van der Waals surface area (Å²) in [6.45, 7) is 4.15. The van der Waals surface area contributed by atoms with Crippen LogP contribution >= 0.6 is 11.3 Å². The van der Waals surface area contributed by atoms with Crippen LogP contribution in [0.5, 0.6) is 0 Å². The van der Waals surface area contributed by atoms with Crippen molar-refractivity contribution in [1.82, 2.24) is 15.5 Å². The molecule has 0 bridgehead atoms. The second kappa shape index (κ2) is 4.41. The van der Waals surface area contributed by atoms with E-state index in [0.717, 1.165) is 35.9 Å². The molecule has 2 fully saturated rings. The summed E-state index contributed by atoms with van der Waals surface area (Å²) in [5.74, 6) is 2.81. The maximum Gasteiger partial charge on any atom is 0.131 e. The van der Waals surface area contributed by atoms with Gasteiger partial charge in [0.1, 0.15) is 10.0 Å². The molecule has 0 spiro atoms. The van der Waals surface area contributed by atoms with Crippen molar-refractivity contribution in [2.75, 3.05) is 6.54 Å². The highest BCUT2D eigenvalue weighted by Crippen LogP contribution is 2.57. The van der Waals surface area contributed by atoms with Gasteiger partial charge in [-0.15, -0.1) is 10.2 Å². The second-order valence-corrected chi connectivity index (χ2v) is 6.23. The molecule has 2 aliphatic carbocycles. The van der Waals surface area contributed by atoms with Crippen LogP contribution in [-0.2, 0) is 6.54 Å². The van der Waals surface area contributed by atoms with Gasteiger partial charge >= 0.3 is 0 Å². The summed E-state index contributed by atoms with van der Waals surface area (Å²) in [6.07, 6.45) is 5.42. The van der Waals surface area contributed by atoms with Crippen LogP contribution in [0.1, 0.15) is 48.5 Å². The number of nitrogens with zero attached hydrogens (tertiary/aromatic N) is 2. The van der Waals surface area contributed by atoms with Gasteiger partial charge in [0.2, 0.25) is 0 Å². The summed E-state index contributed by atoms with van der Waals surface area (Å²) in [4.78, 5) is 0. The highest BCUT2D eigenvalue weighted by molar-refractivity contribution is 7.11. The van der Waals surface area contributed by atoms with Gasteiger partial charge in [-0.25, -0.2) is 0 Å². The van der Waals surface area contributed by atoms with Gasteiger partial charge in [-0.1, -0.05) is 18.3 Å². The smallest absolute Gasteiger partial charge is 0.131 e. The molecular formula is C12H19N3S. The van der Waals surface area contributed by atoms with E-state index in [4.69, 9.17) is 0 Å². The van der Waals surface area contributed by atoms with Crippen LogP contribution in [-0.4, -0.2) is 16.7 Å². The number of hydrogen-bond donors (Lipinski definition) is 1. The number of aromatic nitrogens is 2. The molecule has 16 heavy (non-hydrogen) atoms. The largest absolute Gasteiger partial charge is 0.310 e. The fourth-order valence-corrected chi connectivity index (χ4v) is 3.73. The molecule has 3 rings (SSSR count). The number of rotatable bonds is 5. The minimum atomic E-state index is 0.737.